The molecule has 1 aromatic heterocycles. The number of benzene rings is 1. The number of hydrogen-bond donors (Lipinski definition) is 2. The Kier molecular flexibility index (Phi) is 7.52. The van der Waals surface area contributed by atoms with E-state index in [9.17, 15) is 0 Å². The van der Waals surface area contributed by atoms with Crippen LogP contribution in [0.25, 0.3) is 5.69 Å². The zero-order chi connectivity index (χ0) is 16.3. The minimum absolute atomic E-state index is 0.864. The summed E-state index contributed by atoms with van der Waals surface area (Å²) in [6.45, 7) is 1.82. The molecule has 0 spiro atoms. The molecule has 0 aliphatic carbocycles. The van der Waals surface area contributed by atoms with Crippen molar-refractivity contribution in [2.45, 2.75) is 12.8 Å². The lowest BCUT2D eigenvalue weighted by Crippen LogP contribution is -2.38. The van der Waals surface area contributed by atoms with Crippen molar-refractivity contribution in [3.8, 4) is 5.69 Å². The van der Waals surface area contributed by atoms with Gasteiger partial charge in [-0.25, -0.2) is 4.68 Å². The molecule has 1 heterocycles. The van der Waals surface area contributed by atoms with Crippen molar-refractivity contribution in [1.29, 1.82) is 0 Å². The van der Waals surface area contributed by atoms with E-state index in [2.05, 4.69) is 51.2 Å². The molecule has 0 atom stereocenters. The van der Waals surface area contributed by atoms with Gasteiger partial charge in [0, 0.05) is 32.5 Å². The fraction of sp³-hybridized carbons (Fsp3) is 0.412. The summed E-state index contributed by atoms with van der Waals surface area (Å²) in [4.78, 5) is 4.24. The van der Waals surface area contributed by atoms with Crippen LogP contribution >= 0.6 is 11.8 Å². The van der Waals surface area contributed by atoms with Crippen molar-refractivity contribution >= 4 is 17.7 Å². The minimum Gasteiger partial charge on any atom is -0.356 e. The van der Waals surface area contributed by atoms with Crippen LogP contribution in [0.2, 0.25) is 0 Å². The average Bonchev–Trinajstić information content (AvgIpc) is 3.12. The van der Waals surface area contributed by atoms with Crippen molar-refractivity contribution < 1.29 is 0 Å². The Morgan fingerprint density at radius 1 is 1.22 bits per heavy atom. The molecule has 0 saturated carbocycles. The number of nitrogens with one attached hydrogen (secondary N) is 2. The van der Waals surface area contributed by atoms with Crippen LogP contribution in [0, 0.1) is 0 Å². The third-order valence-electron chi connectivity index (χ3n) is 3.45. The summed E-state index contributed by atoms with van der Waals surface area (Å²) in [5.74, 6) is 2.05. The minimum atomic E-state index is 0.864. The van der Waals surface area contributed by atoms with Crippen LogP contribution in [-0.4, -0.2) is 47.9 Å². The van der Waals surface area contributed by atoms with E-state index in [1.807, 2.05) is 35.8 Å². The van der Waals surface area contributed by atoms with Gasteiger partial charge in [0.15, 0.2) is 5.96 Å². The fourth-order valence-corrected chi connectivity index (χ4v) is 2.64. The second-order valence-corrected chi connectivity index (χ2v) is 6.12. The Morgan fingerprint density at radius 3 is 2.65 bits per heavy atom. The van der Waals surface area contributed by atoms with Crippen LogP contribution in [-0.2, 0) is 6.42 Å². The van der Waals surface area contributed by atoms with Gasteiger partial charge < -0.3 is 10.6 Å². The number of aliphatic imine (C=N–C) groups is 1. The highest BCUT2D eigenvalue weighted by atomic mass is 32.2. The molecular formula is C17H25N5S. The normalized spacial score (nSPS) is 11.5. The number of nitrogens with zero attached hydrogens (tertiary/aromatic N) is 3. The van der Waals surface area contributed by atoms with Gasteiger partial charge in [0.2, 0.25) is 0 Å². The van der Waals surface area contributed by atoms with E-state index in [0.29, 0.717) is 0 Å². The Balaban J connectivity index is 1.73. The molecule has 0 aliphatic rings. The Bertz CT molecular complexity index is 578. The molecule has 124 valence electrons. The van der Waals surface area contributed by atoms with Crippen LogP contribution in [0.1, 0.15) is 12.0 Å². The summed E-state index contributed by atoms with van der Waals surface area (Å²) in [7, 11) is 1.81. The van der Waals surface area contributed by atoms with Crippen LogP contribution in [0.5, 0.6) is 0 Å². The first-order valence-corrected chi connectivity index (χ1v) is 9.25. The zero-order valence-corrected chi connectivity index (χ0v) is 14.6. The molecule has 2 rings (SSSR count). The van der Waals surface area contributed by atoms with E-state index in [1.54, 1.807) is 6.20 Å². The number of aromatic nitrogens is 2. The predicted octanol–water partition coefficient (Wildman–Crippen LogP) is 2.33. The quantitative estimate of drug-likeness (QED) is 0.443. The lowest BCUT2D eigenvalue weighted by molar-refractivity contribution is 0.777. The highest BCUT2D eigenvalue weighted by molar-refractivity contribution is 7.98. The first-order valence-electron chi connectivity index (χ1n) is 7.86. The van der Waals surface area contributed by atoms with Gasteiger partial charge in [0.25, 0.3) is 0 Å². The molecule has 0 fully saturated rings. The number of thioether (sulfide) groups is 1. The Hall–Kier alpha value is -1.95. The maximum Gasteiger partial charge on any atom is 0.190 e. The van der Waals surface area contributed by atoms with Gasteiger partial charge in [-0.3, -0.25) is 4.99 Å². The van der Waals surface area contributed by atoms with Gasteiger partial charge in [-0.1, -0.05) is 12.1 Å². The van der Waals surface area contributed by atoms with E-state index in [0.717, 1.165) is 37.6 Å². The molecule has 5 nitrogen and oxygen atoms in total. The van der Waals surface area contributed by atoms with Crippen LogP contribution < -0.4 is 10.6 Å². The van der Waals surface area contributed by atoms with Crippen molar-refractivity contribution in [3.05, 3.63) is 48.3 Å². The molecule has 6 heteroatoms. The molecule has 0 amide bonds. The van der Waals surface area contributed by atoms with Gasteiger partial charge in [0.1, 0.15) is 0 Å². The summed E-state index contributed by atoms with van der Waals surface area (Å²) in [5.41, 5.74) is 2.38. The second-order valence-electron chi connectivity index (χ2n) is 5.14. The van der Waals surface area contributed by atoms with Crippen molar-refractivity contribution in [2.24, 2.45) is 4.99 Å². The number of guanidine groups is 1. The van der Waals surface area contributed by atoms with Crippen LogP contribution in [0.3, 0.4) is 0 Å². The van der Waals surface area contributed by atoms with E-state index in [1.165, 1.54) is 11.3 Å². The molecular weight excluding hydrogens is 306 g/mol. The van der Waals surface area contributed by atoms with E-state index < -0.39 is 0 Å². The Morgan fingerprint density at radius 2 is 2.00 bits per heavy atom. The summed E-state index contributed by atoms with van der Waals surface area (Å²) in [5, 5.41) is 10.9. The van der Waals surface area contributed by atoms with Gasteiger partial charge in [0.05, 0.1) is 5.69 Å². The SMILES string of the molecule is CN=C(NCCCSC)NCCc1ccc(-n2cccn2)cc1. The first kappa shape index (κ1) is 17.4. The summed E-state index contributed by atoms with van der Waals surface area (Å²) in [6, 6.07) is 10.4. The smallest absolute Gasteiger partial charge is 0.190 e. The molecule has 0 unspecified atom stereocenters. The highest BCUT2D eigenvalue weighted by Crippen LogP contribution is 2.08. The van der Waals surface area contributed by atoms with E-state index in [4.69, 9.17) is 0 Å². The first-order chi connectivity index (χ1) is 11.3. The van der Waals surface area contributed by atoms with Gasteiger partial charge in [-0.2, -0.15) is 16.9 Å². The molecule has 0 aliphatic heterocycles. The van der Waals surface area contributed by atoms with Gasteiger partial charge >= 0.3 is 0 Å². The van der Waals surface area contributed by atoms with Gasteiger partial charge in [-0.05, 0) is 48.6 Å². The molecule has 23 heavy (non-hydrogen) atoms. The summed E-state index contributed by atoms with van der Waals surface area (Å²) < 4.78 is 1.86. The zero-order valence-electron chi connectivity index (χ0n) is 13.8. The molecule has 2 aromatic rings. The average molecular weight is 331 g/mol. The van der Waals surface area contributed by atoms with E-state index >= 15 is 0 Å². The van der Waals surface area contributed by atoms with Crippen molar-refractivity contribution in [3.63, 3.8) is 0 Å². The van der Waals surface area contributed by atoms with Crippen molar-refractivity contribution in [2.75, 3.05) is 32.1 Å². The molecule has 0 bridgehead atoms. The Labute approximate surface area is 142 Å². The molecule has 0 saturated heterocycles. The number of rotatable bonds is 8. The molecule has 2 N–H and O–H groups in total. The predicted molar refractivity (Wildman–Crippen MR) is 99.6 cm³/mol. The lowest BCUT2D eigenvalue weighted by atomic mass is 10.1. The summed E-state index contributed by atoms with van der Waals surface area (Å²) >= 11 is 1.87. The van der Waals surface area contributed by atoms with Gasteiger partial charge in [-0.15, -0.1) is 0 Å². The number of hydrogen-bond acceptors (Lipinski definition) is 3. The van der Waals surface area contributed by atoms with E-state index in [-0.39, 0.29) is 0 Å². The molecule has 0 radical (unpaired) electrons. The maximum atomic E-state index is 4.24. The fourth-order valence-electron chi connectivity index (χ4n) is 2.21. The standard InChI is InChI=1S/C17H25N5S/c1-18-17(19-10-4-14-23-2)20-12-9-15-5-7-16(8-6-15)22-13-3-11-21-22/h3,5-8,11,13H,4,9-10,12,14H2,1-2H3,(H2,18,19,20). The van der Waals surface area contributed by atoms with Crippen LogP contribution in [0.15, 0.2) is 47.7 Å². The lowest BCUT2D eigenvalue weighted by Gasteiger charge is -2.11. The maximum absolute atomic E-state index is 4.24. The summed E-state index contributed by atoms with van der Waals surface area (Å²) in [6.07, 6.45) is 7.98. The largest absolute Gasteiger partial charge is 0.356 e. The topological polar surface area (TPSA) is 54.2 Å². The monoisotopic (exact) mass is 331 g/mol. The molecule has 1 aromatic carbocycles. The second kappa shape index (κ2) is 9.94. The highest BCUT2D eigenvalue weighted by Gasteiger charge is 1.99. The third kappa shape index (κ3) is 5.98. The van der Waals surface area contributed by atoms with Crippen LogP contribution in [0.4, 0.5) is 0 Å². The third-order valence-corrected chi connectivity index (χ3v) is 4.15. The van der Waals surface area contributed by atoms with Crippen molar-refractivity contribution in [1.82, 2.24) is 20.4 Å².